The van der Waals surface area contributed by atoms with Gasteiger partial charge in [-0.2, -0.15) is 0 Å². The molecule has 0 bridgehead atoms. The highest BCUT2D eigenvalue weighted by Gasteiger charge is 2.19. The summed E-state index contributed by atoms with van der Waals surface area (Å²) in [6, 6.07) is 3.56. The third-order valence-corrected chi connectivity index (χ3v) is 2.81. The number of aromatic nitrogens is 1. The fourth-order valence-electron chi connectivity index (χ4n) is 1.27. The summed E-state index contributed by atoms with van der Waals surface area (Å²) < 4.78 is 0. The monoisotopic (exact) mass is 255 g/mol. The maximum absolute atomic E-state index is 12.1. The van der Waals surface area contributed by atoms with Crippen molar-refractivity contribution >= 4 is 23.3 Å². The summed E-state index contributed by atoms with van der Waals surface area (Å²) in [7, 11) is 1.74. The molecule has 17 heavy (non-hydrogen) atoms. The highest BCUT2D eigenvalue weighted by atomic mass is 35.5. The fraction of sp³-hybridized carbons (Fsp3) is 0.500. The van der Waals surface area contributed by atoms with Gasteiger partial charge in [-0.3, -0.25) is 4.79 Å². The highest BCUT2D eigenvalue weighted by molar-refractivity contribution is 6.33. The van der Waals surface area contributed by atoms with Crippen LogP contribution in [0.1, 0.15) is 31.3 Å². The first-order chi connectivity index (χ1) is 7.97. The summed E-state index contributed by atoms with van der Waals surface area (Å²) in [4.78, 5) is 18.0. The van der Waals surface area contributed by atoms with Gasteiger partial charge in [0.1, 0.15) is 11.5 Å². The summed E-state index contributed by atoms with van der Waals surface area (Å²) in [5, 5.41) is 3.44. The summed E-state index contributed by atoms with van der Waals surface area (Å²) >= 11 is 6.00. The topological polar surface area (TPSA) is 45.2 Å². The van der Waals surface area contributed by atoms with Gasteiger partial charge < -0.3 is 10.2 Å². The molecule has 1 aromatic heterocycles. The number of pyridine rings is 1. The number of amides is 1. The average molecular weight is 256 g/mol. The van der Waals surface area contributed by atoms with E-state index in [0.717, 1.165) is 6.54 Å². The summed E-state index contributed by atoms with van der Waals surface area (Å²) in [5.41, 5.74) is 0.293. The van der Waals surface area contributed by atoms with Crippen LogP contribution in [0.4, 0.5) is 5.82 Å². The number of nitrogens with one attached hydrogen (secondary N) is 1. The molecule has 0 unspecified atom stereocenters. The summed E-state index contributed by atoms with van der Waals surface area (Å²) in [6.07, 6.45) is 0. The van der Waals surface area contributed by atoms with Gasteiger partial charge in [-0.05, 0) is 32.9 Å². The molecule has 1 aromatic rings. The number of anilines is 1. The van der Waals surface area contributed by atoms with Crippen LogP contribution < -0.4 is 5.32 Å². The number of nitrogens with zero attached hydrogens (tertiary/aromatic N) is 2. The summed E-state index contributed by atoms with van der Waals surface area (Å²) in [5.74, 6) is 0.502. The Balaban J connectivity index is 3.03. The van der Waals surface area contributed by atoms with Crippen LogP contribution in [-0.2, 0) is 0 Å². The Labute approximate surface area is 107 Å². The Bertz CT molecular complexity index is 407. The van der Waals surface area contributed by atoms with Gasteiger partial charge in [0, 0.05) is 19.6 Å². The molecule has 0 aliphatic heterocycles. The molecule has 0 saturated heterocycles. The van der Waals surface area contributed by atoms with Crippen molar-refractivity contribution in [1.29, 1.82) is 0 Å². The van der Waals surface area contributed by atoms with Crippen LogP contribution in [0.2, 0.25) is 5.02 Å². The van der Waals surface area contributed by atoms with E-state index in [1.165, 1.54) is 0 Å². The Kier molecular flexibility index (Phi) is 4.75. The van der Waals surface area contributed by atoms with Crippen molar-refractivity contribution in [1.82, 2.24) is 9.88 Å². The minimum atomic E-state index is -0.162. The van der Waals surface area contributed by atoms with E-state index in [2.05, 4.69) is 10.3 Å². The second kappa shape index (κ2) is 5.87. The first kappa shape index (κ1) is 13.8. The van der Waals surface area contributed by atoms with Gasteiger partial charge in [0.15, 0.2) is 0 Å². The number of hydrogen-bond acceptors (Lipinski definition) is 3. The molecule has 94 valence electrons. The van der Waals surface area contributed by atoms with Crippen molar-refractivity contribution < 1.29 is 4.79 Å². The molecule has 0 aliphatic carbocycles. The molecule has 0 saturated carbocycles. The van der Waals surface area contributed by atoms with Crippen molar-refractivity contribution in [3.8, 4) is 0 Å². The molecule has 1 heterocycles. The van der Waals surface area contributed by atoms with Crippen molar-refractivity contribution in [3.05, 3.63) is 22.8 Å². The maximum atomic E-state index is 12.1. The number of carbonyl (C=O) groups is 1. The lowest BCUT2D eigenvalue weighted by atomic mass is 10.2. The van der Waals surface area contributed by atoms with E-state index in [0.29, 0.717) is 16.5 Å². The zero-order valence-electron chi connectivity index (χ0n) is 10.6. The van der Waals surface area contributed by atoms with Crippen LogP contribution in [-0.4, -0.2) is 35.4 Å². The van der Waals surface area contributed by atoms with Crippen LogP contribution in [0.3, 0.4) is 0 Å². The number of halogens is 1. The first-order valence-electron chi connectivity index (χ1n) is 5.65. The molecule has 4 nitrogen and oxygen atoms in total. The van der Waals surface area contributed by atoms with Gasteiger partial charge in [-0.15, -0.1) is 0 Å². The average Bonchev–Trinajstić information content (AvgIpc) is 2.30. The maximum Gasteiger partial charge on any atom is 0.274 e. The minimum Gasteiger partial charge on any atom is -0.370 e. The number of rotatable bonds is 4. The van der Waals surface area contributed by atoms with Crippen molar-refractivity contribution in [2.45, 2.75) is 26.8 Å². The number of carbonyl (C=O) groups excluding carboxylic acids is 1. The van der Waals surface area contributed by atoms with Gasteiger partial charge in [0.05, 0.1) is 5.02 Å². The van der Waals surface area contributed by atoms with Crippen LogP contribution in [0, 0.1) is 0 Å². The van der Waals surface area contributed by atoms with Gasteiger partial charge in [-0.1, -0.05) is 11.6 Å². The molecular formula is C12H18ClN3O. The zero-order valence-corrected chi connectivity index (χ0v) is 11.4. The molecule has 1 N–H and O–H groups in total. The van der Waals surface area contributed by atoms with Gasteiger partial charge >= 0.3 is 0 Å². The van der Waals surface area contributed by atoms with E-state index in [1.807, 2.05) is 20.8 Å². The van der Waals surface area contributed by atoms with Crippen LogP contribution in [0.5, 0.6) is 0 Å². The van der Waals surface area contributed by atoms with Gasteiger partial charge in [-0.25, -0.2) is 4.98 Å². The lowest BCUT2D eigenvalue weighted by molar-refractivity contribution is 0.0749. The first-order valence-corrected chi connectivity index (χ1v) is 6.02. The standard InChI is InChI=1S/C12H18ClN3O/c1-5-14-10-7-6-9(13)11(15-10)12(17)16(4)8(2)3/h6-8H,5H2,1-4H3,(H,14,15). The van der Waals surface area contributed by atoms with E-state index >= 15 is 0 Å². The molecular weight excluding hydrogens is 238 g/mol. The van der Waals surface area contributed by atoms with E-state index in [4.69, 9.17) is 11.6 Å². The molecule has 0 atom stereocenters. The largest absolute Gasteiger partial charge is 0.370 e. The smallest absolute Gasteiger partial charge is 0.274 e. The van der Waals surface area contributed by atoms with E-state index < -0.39 is 0 Å². The normalized spacial score (nSPS) is 10.5. The molecule has 0 aromatic carbocycles. The molecule has 0 aliphatic rings. The fourth-order valence-corrected chi connectivity index (χ4v) is 1.46. The molecule has 0 spiro atoms. The Hall–Kier alpha value is -1.29. The number of hydrogen-bond donors (Lipinski definition) is 1. The predicted octanol–water partition coefficient (Wildman–Crippen LogP) is 2.65. The Morgan fingerprint density at radius 2 is 2.18 bits per heavy atom. The van der Waals surface area contributed by atoms with E-state index in [9.17, 15) is 4.79 Å². The van der Waals surface area contributed by atoms with Crippen molar-refractivity contribution in [3.63, 3.8) is 0 Å². The minimum absolute atomic E-state index is 0.114. The van der Waals surface area contributed by atoms with Crippen LogP contribution >= 0.6 is 11.6 Å². The highest BCUT2D eigenvalue weighted by Crippen LogP contribution is 2.18. The van der Waals surface area contributed by atoms with Crippen molar-refractivity contribution in [2.24, 2.45) is 0 Å². The lowest BCUT2D eigenvalue weighted by Crippen LogP contribution is -2.33. The van der Waals surface area contributed by atoms with Crippen LogP contribution in [0.25, 0.3) is 0 Å². The quantitative estimate of drug-likeness (QED) is 0.900. The third kappa shape index (κ3) is 3.33. The molecule has 0 radical (unpaired) electrons. The van der Waals surface area contributed by atoms with Crippen LogP contribution in [0.15, 0.2) is 12.1 Å². The van der Waals surface area contributed by atoms with Gasteiger partial charge in [0.25, 0.3) is 5.91 Å². The second-order valence-electron chi connectivity index (χ2n) is 4.07. The Morgan fingerprint density at radius 1 is 1.53 bits per heavy atom. The van der Waals surface area contributed by atoms with E-state index in [-0.39, 0.29) is 11.9 Å². The van der Waals surface area contributed by atoms with E-state index in [1.54, 1.807) is 24.1 Å². The third-order valence-electron chi connectivity index (χ3n) is 2.50. The zero-order chi connectivity index (χ0) is 13.0. The molecule has 0 fully saturated rings. The SMILES string of the molecule is CCNc1ccc(Cl)c(C(=O)N(C)C(C)C)n1. The lowest BCUT2D eigenvalue weighted by Gasteiger charge is -2.21. The second-order valence-corrected chi connectivity index (χ2v) is 4.47. The van der Waals surface area contributed by atoms with Gasteiger partial charge in [0.2, 0.25) is 0 Å². The summed E-state index contributed by atoms with van der Waals surface area (Å²) in [6.45, 7) is 6.61. The van der Waals surface area contributed by atoms with Crippen molar-refractivity contribution in [2.75, 3.05) is 18.9 Å². The predicted molar refractivity (Wildman–Crippen MR) is 70.6 cm³/mol. The Morgan fingerprint density at radius 3 is 2.71 bits per heavy atom. The molecule has 1 amide bonds. The molecule has 1 rings (SSSR count). The molecule has 5 heteroatoms.